The molecule has 2 fully saturated rings. The van der Waals surface area contributed by atoms with Crippen molar-refractivity contribution in [1.29, 1.82) is 0 Å². The van der Waals surface area contributed by atoms with E-state index in [1.54, 1.807) is 0 Å². The lowest BCUT2D eigenvalue weighted by Gasteiger charge is -2.42. The standard InChI is InChI=1S/C13H20N6O/c1-9-7-18-4-2-3-10(18)8-19(9)13(20)11-5-15-6-12(16-11)17-14/h5-6,9-10H,2-4,7-8,14H2,1H3,(H,16,17). The number of carbonyl (C=O) groups excluding carboxylic acids is 1. The number of anilines is 1. The van der Waals surface area contributed by atoms with Crippen molar-refractivity contribution >= 4 is 11.7 Å². The number of hydrogen-bond donors (Lipinski definition) is 2. The summed E-state index contributed by atoms with van der Waals surface area (Å²) in [6.45, 7) is 4.97. The molecule has 0 saturated carbocycles. The van der Waals surface area contributed by atoms with Gasteiger partial charge in [-0.2, -0.15) is 0 Å². The van der Waals surface area contributed by atoms with Crippen LogP contribution >= 0.6 is 0 Å². The number of nitrogens with two attached hydrogens (primary N) is 1. The van der Waals surface area contributed by atoms with Crippen molar-refractivity contribution in [1.82, 2.24) is 19.8 Å². The molecule has 7 heteroatoms. The van der Waals surface area contributed by atoms with E-state index in [2.05, 4.69) is 27.2 Å². The summed E-state index contributed by atoms with van der Waals surface area (Å²) in [6, 6.07) is 0.701. The number of nitrogen functional groups attached to an aromatic ring is 1. The topological polar surface area (TPSA) is 87.4 Å². The average molecular weight is 276 g/mol. The second-order valence-corrected chi connectivity index (χ2v) is 5.53. The third kappa shape index (κ3) is 2.34. The van der Waals surface area contributed by atoms with Gasteiger partial charge in [-0.15, -0.1) is 0 Å². The van der Waals surface area contributed by atoms with Crippen LogP contribution in [0.5, 0.6) is 0 Å². The van der Waals surface area contributed by atoms with Crippen molar-refractivity contribution in [3.05, 3.63) is 18.1 Å². The first-order valence-electron chi connectivity index (χ1n) is 7.02. The molecule has 0 radical (unpaired) electrons. The van der Waals surface area contributed by atoms with Crippen LogP contribution < -0.4 is 11.3 Å². The molecule has 2 saturated heterocycles. The lowest BCUT2D eigenvalue weighted by molar-refractivity contribution is 0.0390. The molecule has 2 atom stereocenters. The molecule has 0 spiro atoms. The Hall–Kier alpha value is -1.73. The normalized spacial score (nSPS) is 26.4. The van der Waals surface area contributed by atoms with Crippen LogP contribution in [-0.4, -0.2) is 57.4 Å². The Balaban J connectivity index is 1.78. The van der Waals surface area contributed by atoms with E-state index in [0.717, 1.165) is 19.6 Å². The molecule has 0 bridgehead atoms. The number of aromatic nitrogens is 2. The molecule has 2 unspecified atom stereocenters. The van der Waals surface area contributed by atoms with Crippen LogP contribution in [-0.2, 0) is 0 Å². The molecule has 108 valence electrons. The van der Waals surface area contributed by atoms with Gasteiger partial charge in [0.15, 0.2) is 5.82 Å². The van der Waals surface area contributed by atoms with Crippen molar-refractivity contribution < 1.29 is 4.79 Å². The van der Waals surface area contributed by atoms with Gasteiger partial charge in [0, 0.05) is 25.2 Å². The van der Waals surface area contributed by atoms with E-state index < -0.39 is 0 Å². The van der Waals surface area contributed by atoms with Gasteiger partial charge in [-0.25, -0.2) is 10.8 Å². The molecule has 7 nitrogen and oxygen atoms in total. The fraction of sp³-hybridized carbons (Fsp3) is 0.615. The van der Waals surface area contributed by atoms with Crippen molar-refractivity contribution in [2.75, 3.05) is 25.1 Å². The monoisotopic (exact) mass is 276 g/mol. The van der Waals surface area contributed by atoms with Crippen LogP contribution in [0.3, 0.4) is 0 Å². The number of amides is 1. The van der Waals surface area contributed by atoms with Crippen molar-refractivity contribution in [2.24, 2.45) is 5.84 Å². The molecule has 0 aliphatic carbocycles. The van der Waals surface area contributed by atoms with Gasteiger partial charge in [0.25, 0.3) is 5.91 Å². The Bertz CT molecular complexity index is 507. The second-order valence-electron chi connectivity index (χ2n) is 5.53. The zero-order valence-electron chi connectivity index (χ0n) is 11.6. The maximum absolute atomic E-state index is 12.6. The fourth-order valence-electron chi connectivity index (χ4n) is 3.16. The van der Waals surface area contributed by atoms with Crippen molar-refractivity contribution in [3.8, 4) is 0 Å². The molecular formula is C13H20N6O. The summed E-state index contributed by atoms with van der Waals surface area (Å²) in [6.07, 6.45) is 5.39. The van der Waals surface area contributed by atoms with Gasteiger partial charge in [-0.3, -0.25) is 14.7 Å². The molecule has 2 aliphatic rings. The molecule has 1 amide bonds. The summed E-state index contributed by atoms with van der Waals surface area (Å²) in [7, 11) is 0. The third-order valence-electron chi connectivity index (χ3n) is 4.20. The SMILES string of the molecule is CC1CN2CCCC2CN1C(=O)c1cncc(NN)n1. The fourth-order valence-corrected chi connectivity index (χ4v) is 3.16. The first-order chi connectivity index (χ1) is 9.69. The summed E-state index contributed by atoms with van der Waals surface area (Å²) in [5, 5.41) is 0. The van der Waals surface area contributed by atoms with Gasteiger partial charge >= 0.3 is 0 Å². The van der Waals surface area contributed by atoms with Gasteiger partial charge in [0.1, 0.15) is 5.69 Å². The summed E-state index contributed by atoms with van der Waals surface area (Å²) in [5.74, 6) is 5.65. The molecule has 2 aliphatic heterocycles. The van der Waals surface area contributed by atoms with Gasteiger partial charge in [0.05, 0.1) is 12.4 Å². The number of hydrazine groups is 1. The molecule has 3 rings (SSSR count). The van der Waals surface area contributed by atoms with Crippen LogP contribution in [0.4, 0.5) is 5.82 Å². The number of carbonyl (C=O) groups is 1. The Kier molecular flexibility index (Phi) is 3.54. The second kappa shape index (κ2) is 5.34. The van der Waals surface area contributed by atoms with Gasteiger partial charge < -0.3 is 10.3 Å². The number of hydrogen-bond acceptors (Lipinski definition) is 6. The predicted molar refractivity (Wildman–Crippen MR) is 74.9 cm³/mol. The van der Waals surface area contributed by atoms with E-state index in [-0.39, 0.29) is 11.9 Å². The highest BCUT2D eigenvalue weighted by molar-refractivity contribution is 5.92. The zero-order valence-corrected chi connectivity index (χ0v) is 11.6. The maximum atomic E-state index is 12.6. The van der Waals surface area contributed by atoms with E-state index in [1.165, 1.54) is 25.2 Å². The maximum Gasteiger partial charge on any atom is 0.274 e. The Morgan fingerprint density at radius 3 is 3.10 bits per heavy atom. The minimum atomic E-state index is -0.0614. The van der Waals surface area contributed by atoms with Crippen LogP contribution in [0.1, 0.15) is 30.3 Å². The number of nitrogens with one attached hydrogen (secondary N) is 1. The largest absolute Gasteiger partial charge is 0.332 e. The van der Waals surface area contributed by atoms with E-state index in [9.17, 15) is 4.79 Å². The summed E-state index contributed by atoms with van der Waals surface area (Å²) in [4.78, 5) is 25.2. The summed E-state index contributed by atoms with van der Waals surface area (Å²) < 4.78 is 0. The third-order valence-corrected chi connectivity index (χ3v) is 4.20. The Labute approximate surface area is 118 Å². The Morgan fingerprint density at radius 1 is 1.45 bits per heavy atom. The lowest BCUT2D eigenvalue weighted by Crippen LogP contribution is -2.56. The average Bonchev–Trinajstić information content (AvgIpc) is 2.92. The number of fused-ring (bicyclic) bond motifs is 1. The van der Waals surface area contributed by atoms with Crippen LogP contribution in [0.2, 0.25) is 0 Å². The first-order valence-corrected chi connectivity index (χ1v) is 7.02. The molecule has 3 N–H and O–H groups in total. The smallest absolute Gasteiger partial charge is 0.274 e. The van der Waals surface area contributed by atoms with Crippen LogP contribution in [0.15, 0.2) is 12.4 Å². The van der Waals surface area contributed by atoms with Gasteiger partial charge in [0.2, 0.25) is 0 Å². The van der Waals surface area contributed by atoms with Crippen LogP contribution in [0, 0.1) is 0 Å². The van der Waals surface area contributed by atoms with E-state index >= 15 is 0 Å². The number of rotatable bonds is 2. The van der Waals surface area contributed by atoms with Gasteiger partial charge in [-0.1, -0.05) is 0 Å². The minimum absolute atomic E-state index is 0.0614. The van der Waals surface area contributed by atoms with E-state index in [0.29, 0.717) is 17.6 Å². The van der Waals surface area contributed by atoms with Gasteiger partial charge in [-0.05, 0) is 26.3 Å². The number of piperazine rings is 1. The van der Waals surface area contributed by atoms with Crippen LogP contribution in [0.25, 0.3) is 0 Å². The molecule has 3 heterocycles. The summed E-state index contributed by atoms with van der Waals surface area (Å²) >= 11 is 0. The molecule has 1 aromatic heterocycles. The lowest BCUT2D eigenvalue weighted by atomic mass is 10.1. The highest BCUT2D eigenvalue weighted by Gasteiger charge is 2.37. The highest BCUT2D eigenvalue weighted by Crippen LogP contribution is 2.25. The zero-order chi connectivity index (χ0) is 14.1. The van der Waals surface area contributed by atoms with Crippen molar-refractivity contribution in [3.63, 3.8) is 0 Å². The van der Waals surface area contributed by atoms with Crippen molar-refractivity contribution in [2.45, 2.75) is 31.8 Å². The predicted octanol–water partition coefficient (Wildman–Crippen LogP) is 0.0709. The highest BCUT2D eigenvalue weighted by atomic mass is 16.2. The molecule has 20 heavy (non-hydrogen) atoms. The number of nitrogens with zero attached hydrogens (tertiary/aromatic N) is 4. The van der Waals surface area contributed by atoms with E-state index in [4.69, 9.17) is 5.84 Å². The quantitative estimate of drug-likeness (QED) is 0.587. The molecule has 1 aromatic rings. The molecular weight excluding hydrogens is 256 g/mol. The Morgan fingerprint density at radius 2 is 2.30 bits per heavy atom. The van der Waals surface area contributed by atoms with E-state index in [1.807, 2.05) is 4.90 Å². The first kappa shape index (κ1) is 13.3. The minimum Gasteiger partial charge on any atom is -0.332 e. The molecule has 0 aromatic carbocycles. The summed E-state index contributed by atoms with van der Waals surface area (Å²) in [5.41, 5.74) is 2.77.